The number of imidazole rings is 1. The van der Waals surface area contributed by atoms with Gasteiger partial charge in [-0.1, -0.05) is 0 Å². The van der Waals surface area contributed by atoms with Crippen LogP contribution in [-0.2, 0) is 0 Å². The highest BCUT2D eigenvalue weighted by Gasteiger charge is 2.19. The van der Waals surface area contributed by atoms with E-state index in [1.165, 1.54) is 18.4 Å². The molecule has 0 aromatic carbocycles. The van der Waals surface area contributed by atoms with E-state index in [2.05, 4.69) is 21.0 Å². The predicted molar refractivity (Wildman–Crippen MR) is 120 cm³/mol. The van der Waals surface area contributed by atoms with Crippen molar-refractivity contribution in [2.75, 3.05) is 7.11 Å². The number of ether oxygens (including phenoxy) is 1. The molecule has 0 atom stereocenters. The third-order valence-electron chi connectivity index (χ3n) is 5.00. The number of carbonyl (C=O) groups excluding carboxylic acids is 1. The molecule has 31 heavy (non-hydrogen) atoms. The summed E-state index contributed by atoms with van der Waals surface area (Å²) >= 11 is 1.50. The lowest BCUT2D eigenvalue weighted by molar-refractivity contribution is 0.100. The van der Waals surface area contributed by atoms with E-state index in [9.17, 15) is 10.1 Å². The number of fused-ring (bicyclic) bond motifs is 1. The number of H-pyrrole nitrogens is 1. The van der Waals surface area contributed by atoms with Crippen molar-refractivity contribution >= 4 is 39.9 Å². The van der Waals surface area contributed by atoms with Crippen molar-refractivity contribution in [3.8, 4) is 17.0 Å². The quantitative estimate of drug-likeness (QED) is 0.463. The van der Waals surface area contributed by atoms with E-state index < -0.39 is 5.91 Å². The van der Waals surface area contributed by atoms with Gasteiger partial charge >= 0.3 is 0 Å². The van der Waals surface area contributed by atoms with Crippen LogP contribution in [0.5, 0.6) is 5.88 Å². The summed E-state index contributed by atoms with van der Waals surface area (Å²) in [4.78, 5) is 24.7. The van der Waals surface area contributed by atoms with Gasteiger partial charge in [0.2, 0.25) is 5.88 Å². The molecule has 0 radical (unpaired) electrons. The summed E-state index contributed by atoms with van der Waals surface area (Å²) in [6.45, 7) is 5.84. The number of aromatic amines is 1. The van der Waals surface area contributed by atoms with Crippen molar-refractivity contribution in [2.45, 2.75) is 20.8 Å². The van der Waals surface area contributed by atoms with E-state index in [1.54, 1.807) is 24.4 Å². The number of carbonyl (C=O) groups is 1. The second-order valence-electron chi connectivity index (χ2n) is 7.10. The number of methoxy groups -OCH3 is 1. The van der Waals surface area contributed by atoms with Crippen molar-refractivity contribution in [2.24, 2.45) is 5.73 Å². The highest BCUT2D eigenvalue weighted by Crippen LogP contribution is 2.32. The SMILES string of the molecule is COc1cc2nc(/C(C#N)=C/c3cc(C)n(-c4sc(C)cc4C(N)=O)c3C)[nH]c2cn1. The first-order valence-electron chi connectivity index (χ1n) is 9.43. The normalized spacial score (nSPS) is 11.6. The summed E-state index contributed by atoms with van der Waals surface area (Å²) in [5.74, 6) is 0.434. The Morgan fingerprint density at radius 2 is 2.10 bits per heavy atom. The van der Waals surface area contributed by atoms with Gasteiger partial charge in [-0.05, 0) is 44.5 Å². The van der Waals surface area contributed by atoms with Crippen LogP contribution in [0.25, 0.3) is 27.7 Å². The molecule has 3 N–H and O–H groups in total. The Morgan fingerprint density at radius 3 is 2.77 bits per heavy atom. The summed E-state index contributed by atoms with van der Waals surface area (Å²) in [6, 6.07) is 7.70. The zero-order valence-corrected chi connectivity index (χ0v) is 18.3. The molecule has 9 heteroatoms. The lowest BCUT2D eigenvalue weighted by Crippen LogP contribution is -2.13. The van der Waals surface area contributed by atoms with Gasteiger partial charge in [-0.3, -0.25) is 4.79 Å². The van der Waals surface area contributed by atoms with Gasteiger partial charge in [0, 0.05) is 22.3 Å². The van der Waals surface area contributed by atoms with Crippen molar-refractivity contribution in [1.82, 2.24) is 19.5 Å². The van der Waals surface area contributed by atoms with Crippen LogP contribution in [0.2, 0.25) is 0 Å². The summed E-state index contributed by atoms with van der Waals surface area (Å²) in [5, 5.41) is 10.6. The molecule has 156 valence electrons. The van der Waals surface area contributed by atoms with Gasteiger partial charge in [-0.15, -0.1) is 11.3 Å². The van der Waals surface area contributed by atoms with E-state index in [4.69, 9.17) is 10.5 Å². The first-order valence-corrected chi connectivity index (χ1v) is 10.3. The third-order valence-corrected chi connectivity index (χ3v) is 6.04. The van der Waals surface area contributed by atoms with Crippen molar-refractivity contribution < 1.29 is 9.53 Å². The summed E-state index contributed by atoms with van der Waals surface area (Å²) in [6.07, 6.45) is 3.40. The number of pyridine rings is 1. The average Bonchev–Trinajstić information content (AvgIpc) is 3.40. The Morgan fingerprint density at radius 1 is 1.32 bits per heavy atom. The number of allylic oxidation sites excluding steroid dienone is 1. The number of nitrogens with zero attached hydrogens (tertiary/aromatic N) is 4. The topological polar surface area (TPSA) is 123 Å². The number of primary amides is 1. The fourth-order valence-electron chi connectivity index (χ4n) is 3.53. The molecule has 8 nitrogen and oxygen atoms in total. The molecule has 0 aliphatic carbocycles. The van der Waals surface area contributed by atoms with Crippen LogP contribution in [-0.4, -0.2) is 32.5 Å². The molecule has 1 amide bonds. The van der Waals surface area contributed by atoms with Crippen molar-refractivity contribution in [3.05, 3.63) is 57.6 Å². The molecule has 4 rings (SSSR count). The molecule has 0 aliphatic heterocycles. The molecule has 0 fully saturated rings. The summed E-state index contributed by atoms with van der Waals surface area (Å²) in [5.41, 5.74) is 10.5. The minimum absolute atomic E-state index is 0.382. The van der Waals surface area contributed by atoms with Gasteiger partial charge in [0.1, 0.15) is 16.9 Å². The Balaban J connectivity index is 1.81. The fraction of sp³-hybridized carbons (Fsp3) is 0.182. The molecule has 0 bridgehead atoms. The third kappa shape index (κ3) is 3.58. The van der Waals surface area contributed by atoms with E-state index in [0.29, 0.717) is 33.9 Å². The largest absolute Gasteiger partial charge is 0.481 e. The maximum atomic E-state index is 11.9. The predicted octanol–water partition coefficient (Wildman–Crippen LogP) is 3.91. The molecule has 4 aromatic rings. The summed E-state index contributed by atoms with van der Waals surface area (Å²) < 4.78 is 7.13. The standard InChI is InChI=1S/C22H20N6O2S/c1-11-5-14(13(3)28(11)22-16(20(24)29)6-12(2)31-22)7-15(9-23)21-26-17-8-19(30-4)25-10-18(17)27-21/h5-8,10H,1-4H3,(H2,24,29)(H,26,27)/b15-7+. The number of hydrogen-bond acceptors (Lipinski definition) is 6. The lowest BCUT2D eigenvalue weighted by atomic mass is 10.1. The fourth-order valence-corrected chi connectivity index (χ4v) is 4.65. The minimum Gasteiger partial charge on any atom is -0.481 e. The first-order chi connectivity index (χ1) is 14.8. The van der Waals surface area contributed by atoms with Gasteiger partial charge in [-0.2, -0.15) is 5.26 Å². The number of rotatable bonds is 5. The van der Waals surface area contributed by atoms with Crippen LogP contribution < -0.4 is 10.5 Å². The zero-order valence-electron chi connectivity index (χ0n) is 17.5. The van der Waals surface area contributed by atoms with Gasteiger partial charge < -0.3 is 20.0 Å². The molecule has 0 unspecified atom stereocenters. The van der Waals surface area contributed by atoms with Crippen LogP contribution in [0.1, 0.15) is 38.0 Å². The highest BCUT2D eigenvalue weighted by molar-refractivity contribution is 7.14. The van der Waals surface area contributed by atoms with E-state index >= 15 is 0 Å². The number of amides is 1. The van der Waals surface area contributed by atoms with Crippen LogP contribution >= 0.6 is 11.3 Å². The van der Waals surface area contributed by atoms with Gasteiger partial charge in [0.05, 0.1) is 35.5 Å². The van der Waals surface area contributed by atoms with Crippen LogP contribution in [0.3, 0.4) is 0 Å². The maximum Gasteiger partial charge on any atom is 0.251 e. The van der Waals surface area contributed by atoms with E-state index in [-0.39, 0.29) is 0 Å². The number of hydrogen-bond donors (Lipinski definition) is 2. The zero-order chi connectivity index (χ0) is 22.3. The lowest BCUT2D eigenvalue weighted by Gasteiger charge is -2.09. The number of aryl methyl sites for hydroxylation is 2. The number of nitrogens with two attached hydrogens (primary N) is 1. The Bertz CT molecular complexity index is 1400. The highest BCUT2D eigenvalue weighted by atomic mass is 32.1. The molecule has 0 spiro atoms. The number of aromatic nitrogens is 4. The maximum absolute atomic E-state index is 11.9. The van der Waals surface area contributed by atoms with Gasteiger partial charge in [-0.25, -0.2) is 9.97 Å². The number of thiophene rings is 1. The average molecular weight is 433 g/mol. The second kappa shape index (κ2) is 7.74. The first kappa shape index (κ1) is 20.4. The monoisotopic (exact) mass is 432 g/mol. The van der Waals surface area contributed by atoms with Crippen LogP contribution in [0.4, 0.5) is 0 Å². The summed E-state index contributed by atoms with van der Waals surface area (Å²) in [7, 11) is 1.54. The number of nitrogens with one attached hydrogen (secondary N) is 1. The van der Waals surface area contributed by atoms with Gasteiger partial charge in [0.15, 0.2) is 0 Å². The smallest absolute Gasteiger partial charge is 0.251 e. The van der Waals surface area contributed by atoms with E-state index in [1.807, 2.05) is 31.4 Å². The Hall–Kier alpha value is -3.90. The molecular weight excluding hydrogens is 412 g/mol. The Labute approximate surface area is 182 Å². The van der Waals surface area contributed by atoms with Crippen LogP contribution in [0.15, 0.2) is 24.4 Å². The molecular formula is C22H20N6O2S. The van der Waals surface area contributed by atoms with E-state index in [0.717, 1.165) is 26.8 Å². The molecule has 0 saturated carbocycles. The van der Waals surface area contributed by atoms with Crippen molar-refractivity contribution in [3.63, 3.8) is 0 Å². The molecule has 0 aliphatic rings. The number of nitriles is 1. The van der Waals surface area contributed by atoms with Crippen LogP contribution in [0, 0.1) is 32.1 Å². The molecule has 4 heterocycles. The Kier molecular flexibility index (Phi) is 5.09. The second-order valence-corrected chi connectivity index (χ2v) is 8.34. The van der Waals surface area contributed by atoms with Crippen molar-refractivity contribution in [1.29, 1.82) is 5.26 Å². The van der Waals surface area contributed by atoms with Gasteiger partial charge in [0.25, 0.3) is 5.91 Å². The minimum atomic E-state index is -0.465. The molecule has 0 saturated heterocycles. The molecule has 4 aromatic heterocycles.